The number of rotatable bonds is 18. The summed E-state index contributed by atoms with van der Waals surface area (Å²) in [5.74, 6) is 1.95. The Morgan fingerprint density at radius 2 is 1.64 bits per heavy atom. The van der Waals surface area contributed by atoms with Gasteiger partial charge in [-0.2, -0.15) is 15.0 Å². The lowest BCUT2D eigenvalue weighted by Gasteiger charge is -2.26. The summed E-state index contributed by atoms with van der Waals surface area (Å²) in [6, 6.07) is 15.5. The molecule has 2 aromatic carbocycles. The molecule has 0 atom stereocenters. The molecule has 0 radical (unpaired) electrons. The number of anilines is 4. The maximum absolute atomic E-state index is 12.3. The Kier molecular flexibility index (Phi) is 13.4. The number of nitrogens with one attached hydrogen (secondary N) is 4. The minimum absolute atomic E-state index is 0.0798. The number of carbonyl (C=O) groups is 1. The van der Waals surface area contributed by atoms with Crippen LogP contribution in [0.25, 0.3) is 0 Å². The highest BCUT2D eigenvalue weighted by molar-refractivity contribution is 5.78. The van der Waals surface area contributed by atoms with E-state index in [2.05, 4.69) is 36.2 Å². The zero-order chi connectivity index (χ0) is 31.0. The molecule has 0 aliphatic heterocycles. The lowest BCUT2D eigenvalue weighted by atomic mass is 9.93. The van der Waals surface area contributed by atoms with E-state index in [0.29, 0.717) is 63.9 Å². The molecule has 1 heterocycles. The van der Waals surface area contributed by atoms with Crippen LogP contribution in [0, 0.1) is 0 Å². The van der Waals surface area contributed by atoms with E-state index in [0.717, 1.165) is 48.2 Å². The van der Waals surface area contributed by atoms with Gasteiger partial charge in [-0.25, -0.2) is 0 Å². The van der Waals surface area contributed by atoms with Gasteiger partial charge < -0.3 is 46.3 Å². The molecule has 1 aromatic heterocycles. The molecule has 1 aliphatic carbocycles. The van der Waals surface area contributed by atoms with Crippen LogP contribution < -0.4 is 31.7 Å². The SMILES string of the molecule is COc1cccc(CNc2nc(Nc3ccc(CC(=O)NCCOCCOCCN)cc3)nc(NC3CCC(O)CC3)n2)c1. The van der Waals surface area contributed by atoms with Crippen molar-refractivity contribution in [2.45, 2.75) is 50.8 Å². The number of methoxy groups -OCH3 is 1. The predicted molar refractivity (Wildman–Crippen MR) is 169 cm³/mol. The fraction of sp³-hybridized carbons (Fsp3) is 0.484. The monoisotopic (exact) mass is 608 g/mol. The maximum Gasteiger partial charge on any atom is 0.233 e. The summed E-state index contributed by atoms with van der Waals surface area (Å²) in [6.45, 7) is 3.30. The molecule has 13 nitrogen and oxygen atoms in total. The van der Waals surface area contributed by atoms with Crippen molar-refractivity contribution in [3.63, 3.8) is 0 Å². The Labute approximate surface area is 258 Å². The molecule has 238 valence electrons. The van der Waals surface area contributed by atoms with Crippen molar-refractivity contribution >= 4 is 29.4 Å². The van der Waals surface area contributed by atoms with Gasteiger partial charge in [0.25, 0.3) is 0 Å². The molecule has 13 heteroatoms. The average Bonchev–Trinajstić information content (AvgIpc) is 3.03. The minimum atomic E-state index is -0.246. The number of carbonyl (C=O) groups excluding carboxylic acids is 1. The molecule has 4 rings (SSSR count). The summed E-state index contributed by atoms with van der Waals surface area (Å²) in [6.07, 6.45) is 3.19. The first-order valence-corrected chi connectivity index (χ1v) is 15.1. The molecule has 7 N–H and O–H groups in total. The van der Waals surface area contributed by atoms with Crippen molar-refractivity contribution < 1.29 is 24.1 Å². The third-order valence-corrected chi connectivity index (χ3v) is 7.03. The van der Waals surface area contributed by atoms with Crippen molar-refractivity contribution in [1.29, 1.82) is 0 Å². The molecule has 44 heavy (non-hydrogen) atoms. The molecule has 1 fully saturated rings. The number of nitrogens with two attached hydrogens (primary N) is 1. The van der Waals surface area contributed by atoms with Crippen LogP contribution in [0.15, 0.2) is 48.5 Å². The van der Waals surface area contributed by atoms with Gasteiger partial charge in [-0.05, 0) is 61.1 Å². The smallest absolute Gasteiger partial charge is 0.233 e. The second-order valence-corrected chi connectivity index (χ2v) is 10.5. The van der Waals surface area contributed by atoms with Crippen LogP contribution in [0.3, 0.4) is 0 Å². The quantitative estimate of drug-likeness (QED) is 0.117. The molecule has 1 amide bonds. The topological polar surface area (TPSA) is 178 Å². The number of hydrogen-bond donors (Lipinski definition) is 6. The molecule has 0 spiro atoms. The predicted octanol–water partition coefficient (Wildman–Crippen LogP) is 2.60. The Morgan fingerprint density at radius 1 is 0.909 bits per heavy atom. The fourth-order valence-corrected chi connectivity index (χ4v) is 4.69. The molecule has 3 aromatic rings. The zero-order valence-corrected chi connectivity index (χ0v) is 25.3. The van der Waals surface area contributed by atoms with Crippen molar-refractivity contribution in [2.24, 2.45) is 5.73 Å². The Morgan fingerprint density at radius 3 is 2.39 bits per heavy atom. The number of hydrogen-bond acceptors (Lipinski definition) is 12. The van der Waals surface area contributed by atoms with Gasteiger partial charge in [0.15, 0.2) is 0 Å². The van der Waals surface area contributed by atoms with Gasteiger partial charge in [0.1, 0.15) is 5.75 Å². The number of aliphatic hydroxyl groups excluding tert-OH is 1. The second kappa shape index (κ2) is 17.9. The largest absolute Gasteiger partial charge is 0.497 e. The van der Waals surface area contributed by atoms with Crippen molar-refractivity contribution in [3.8, 4) is 5.75 Å². The van der Waals surface area contributed by atoms with E-state index in [1.54, 1.807) is 7.11 Å². The lowest BCUT2D eigenvalue weighted by Crippen LogP contribution is -2.29. The van der Waals surface area contributed by atoms with Crippen LogP contribution in [0.5, 0.6) is 5.75 Å². The van der Waals surface area contributed by atoms with Crippen molar-refractivity contribution in [2.75, 3.05) is 62.6 Å². The number of aliphatic hydroxyl groups is 1. The van der Waals surface area contributed by atoms with E-state index in [1.165, 1.54) is 0 Å². The van der Waals surface area contributed by atoms with Gasteiger partial charge >= 0.3 is 0 Å². The second-order valence-electron chi connectivity index (χ2n) is 10.5. The van der Waals surface area contributed by atoms with Gasteiger partial charge in [0.2, 0.25) is 23.8 Å². The molecule has 1 saturated carbocycles. The number of aromatic nitrogens is 3. The number of ether oxygens (including phenoxy) is 3. The maximum atomic E-state index is 12.3. The standard InChI is InChI=1S/C31H44N8O5/c1-42-27-4-2-3-23(19-27)21-34-29-37-30(39-31(38-29)36-25-9-11-26(40)12-10-25)35-24-7-5-22(6-8-24)20-28(41)33-14-16-44-18-17-43-15-13-32/h2-8,19,25-26,40H,9-18,20-21,32H2,1H3,(H,33,41)(H3,34,35,36,37,38,39). The van der Waals surface area contributed by atoms with Crippen LogP contribution in [-0.4, -0.2) is 84.7 Å². The molecule has 1 aliphatic rings. The van der Waals surface area contributed by atoms with E-state index in [1.807, 2.05) is 48.5 Å². The normalized spacial score (nSPS) is 16.2. The zero-order valence-electron chi connectivity index (χ0n) is 25.3. The van der Waals surface area contributed by atoms with Crippen molar-refractivity contribution in [3.05, 3.63) is 59.7 Å². The first kappa shape index (κ1) is 32.9. The average molecular weight is 609 g/mol. The van der Waals surface area contributed by atoms with E-state index in [9.17, 15) is 9.90 Å². The van der Waals surface area contributed by atoms with E-state index >= 15 is 0 Å². The van der Waals surface area contributed by atoms with Crippen LogP contribution >= 0.6 is 0 Å². The summed E-state index contributed by atoms with van der Waals surface area (Å²) in [7, 11) is 1.64. The Balaban J connectivity index is 1.33. The van der Waals surface area contributed by atoms with E-state index in [-0.39, 0.29) is 24.5 Å². The van der Waals surface area contributed by atoms with Gasteiger partial charge in [0, 0.05) is 31.4 Å². The van der Waals surface area contributed by atoms with Crippen LogP contribution in [0.1, 0.15) is 36.8 Å². The number of benzene rings is 2. The highest BCUT2D eigenvalue weighted by atomic mass is 16.5. The molecule has 0 unspecified atom stereocenters. The first-order chi connectivity index (χ1) is 21.5. The summed E-state index contributed by atoms with van der Waals surface area (Å²) in [4.78, 5) is 26.1. The van der Waals surface area contributed by atoms with Gasteiger partial charge in [-0.15, -0.1) is 0 Å². The van der Waals surface area contributed by atoms with Gasteiger partial charge in [-0.3, -0.25) is 4.79 Å². The molecular formula is C31H44N8O5. The Hall–Kier alpha value is -4.04. The molecular weight excluding hydrogens is 564 g/mol. The third-order valence-electron chi connectivity index (χ3n) is 7.03. The first-order valence-electron chi connectivity index (χ1n) is 15.1. The summed E-state index contributed by atoms with van der Waals surface area (Å²) in [5.41, 5.74) is 8.04. The lowest BCUT2D eigenvalue weighted by molar-refractivity contribution is -0.120. The Bertz CT molecular complexity index is 1290. The highest BCUT2D eigenvalue weighted by Gasteiger charge is 2.20. The van der Waals surface area contributed by atoms with E-state index < -0.39 is 0 Å². The minimum Gasteiger partial charge on any atom is -0.497 e. The van der Waals surface area contributed by atoms with Crippen LogP contribution in [0.2, 0.25) is 0 Å². The van der Waals surface area contributed by atoms with Gasteiger partial charge in [-0.1, -0.05) is 24.3 Å². The van der Waals surface area contributed by atoms with Crippen LogP contribution in [0.4, 0.5) is 23.5 Å². The number of nitrogens with zero attached hydrogens (tertiary/aromatic N) is 3. The summed E-state index contributed by atoms with van der Waals surface area (Å²) >= 11 is 0. The molecule has 0 bridgehead atoms. The van der Waals surface area contributed by atoms with E-state index in [4.69, 9.17) is 19.9 Å². The highest BCUT2D eigenvalue weighted by Crippen LogP contribution is 2.23. The molecule has 0 saturated heterocycles. The summed E-state index contributed by atoms with van der Waals surface area (Å²) < 4.78 is 16.0. The van der Waals surface area contributed by atoms with Crippen molar-refractivity contribution in [1.82, 2.24) is 20.3 Å². The summed E-state index contributed by atoms with van der Waals surface area (Å²) in [5, 5.41) is 22.7. The third kappa shape index (κ3) is 11.6. The van der Waals surface area contributed by atoms with Crippen LogP contribution in [-0.2, 0) is 27.2 Å². The van der Waals surface area contributed by atoms with Gasteiger partial charge in [0.05, 0.1) is 46.1 Å². The number of amides is 1. The fourth-order valence-electron chi connectivity index (χ4n) is 4.69.